The molecule has 6 heteroatoms. The van der Waals surface area contributed by atoms with Crippen LogP contribution in [0.2, 0.25) is 0 Å². The first-order chi connectivity index (χ1) is 8.34. The Morgan fingerprint density at radius 2 is 2.11 bits per heavy atom. The summed E-state index contributed by atoms with van der Waals surface area (Å²) in [6.45, 7) is 5.36. The van der Waals surface area contributed by atoms with E-state index in [-0.39, 0.29) is 10.4 Å². The molecular formula is C12H17FN2O2S. The van der Waals surface area contributed by atoms with Crippen LogP contribution in [0, 0.1) is 15.9 Å². The van der Waals surface area contributed by atoms with Crippen LogP contribution < -0.4 is 5.32 Å². The second kappa shape index (κ2) is 6.15. The molecule has 1 aromatic carbocycles. The van der Waals surface area contributed by atoms with Crippen molar-refractivity contribution in [2.24, 2.45) is 0 Å². The Kier molecular flexibility index (Phi) is 5.10. The molecule has 1 aromatic rings. The summed E-state index contributed by atoms with van der Waals surface area (Å²) in [5.41, 5.74) is 0.370. The van der Waals surface area contributed by atoms with Crippen molar-refractivity contribution in [2.45, 2.75) is 25.1 Å². The molecule has 0 unspecified atom stereocenters. The minimum atomic E-state index is -0.585. The van der Waals surface area contributed by atoms with E-state index >= 15 is 0 Å². The number of rotatable bonds is 6. The van der Waals surface area contributed by atoms with Gasteiger partial charge < -0.3 is 5.32 Å². The number of halogens is 1. The van der Waals surface area contributed by atoms with E-state index in [0.717, 1.165) is 12.6 Å². The van der Waals surface area contributed by atoms with Gasteiger partial charge in [-0.1, -0.05) is 0 Å². The highest BCUT2D eigenvalue weighted by Gasteiger charge is 2.15. The monoisotopic (exact) mass is 272 g/mol. The largest absolute Gasteiger partial charge is 0.311 e. The van der Waals surface area contributed by atoms with Crippen molar-refractivity contribution in [3.8, 4) is 0 Å². The molecule has 0 bridgehead atoms. The standard InChI is InChI=1S/C12H17FN2O2S/c1-12(2,18-3)8-14-7-9-4-10(13)6-11(5-9)15(16)17/h4-6,14H,7-8H2,1-3H3. The second-order valence-corrected chi connectivity index (χ2v) is 6.16. The number of nitrogens with zero attached hydrogens (tertiary/aromatic N) is 1. The van der Waals surface area contributed by atoms with Crippen molar-refractivity contribution in [3.05, 3.63) is 39.7 Å². The Bertz CT molecular complexity index is 438. The lowest BCUT2D eigenvalue weighted by Crippen LogP contribution is -2.31. The smallest absolute Gasteiger partial charge is 0.272 e. The summed E-state index contributed by atoms with van der Waals surface area (Å²) in [6, 6.07) is 3.63. The number of hydrogen-bond acceptors (Lipinski definition) is 4. The summed E-state index contributed by atoms with van der Waals surface area (Å²) in [4.78, 5) is 10.0. The fourth-order valence-electron chi connectivity index (χ4n) is 1.42. The van der Waals surface area contributed by atoms with Crippen LogP contribution in [0.25, 0.3) is 0 Å². The summed E-state index contributed by atoms with van der Waals surface area (Å²) in [6.07, 6.45) is 2.02. The molecule has 18 heavy (non-hydrogen) atoms. The van der Waals surface area contributed by atoms with E-state index in [4.69, 9.17) is 0 Å². The molecule has 0 atom stereocenters. The first-order valence-electron chi connectivity index (χ1n) is 5.54. The highest BCUT2D eigenvalue weighted by Crippen LogP contribution is 2.20. The van der Waals surface area contributed by atoms with Crippen molar-refractivity contribution >= 4 is 17.4 Å². The number of benzene rings is 1. The molecule has 0 radical (unpaired) electrons. The maximum atomic E-state index is 13.2. The zero-order valence-corrected chi connectivity index (χ0v) is 11.5. The van der Waals surface area contributed by atoms with Crippen LogP contribution in [-0.4, -0.2) is 22.5 Å². The molecule has 1 rings (SSSR count). The van der Waals surface area contributed by atoms with Gasteiger partial charge in [-0.25, -0.2) is 4.39 Å². The lowest BCUT2D eigenvalue weighted by atomic mass is 10.1. The molecule has 0 spiro atoms. The normalized spacial score (nSPS) is 11.6. The van der Waals surface area contributed by atoms with E-state index < -0.39 is 10.7 Å². The summed E-state index contributed by atoms with van der Waals surface area (Å²) < 4.78 is 13.3. The average Bonchev–Trinajstić information content (AvgIpc) is 2.28. The quantitative estimate of drug-likeness (QED) is 0.639. The minimum absolute atomic E-state index is 0.0826. The number of nitro groups is 1. The van der Waals surface area contributed by atoms with Gasteiger partial charge in [0, 0.05) is 23.9 Å². The Morgan fingerprint density at radius 3 is 2.67 bits per heavy atom. The van der Waals surface area contributed by atoms with Crippen LogP contribution >= 0.6 is 11.8 Å². The third-order valence-corrected chi connectivity index (χ3v) is 3.84. The molecule has 0 fully saturated rings. The molecule has 0 heterocycles. The van der Waals surface area contributed by atoms with Gasteiger partial charge in [0.15, 0.2) is 0 Å². The van der Waals surface area contributed by atoms with Gasteiger partial charge in [-0.3, -0.25) is 10.1 Å². The molecule has 0 aliphatic heterocycles. The van der Waals surface area contributed by atoms with Gasteiger partial charge in [0.05, 0.1) is 11.0 Å². The Balaban J connectivity index is 2.65. The fraction of sp³-hybridized carbons (Fsp3) is 0.500. The molecule has 0 aliphatic carbocycles. The number of hydrogen-bond donors (Lipinski definition) is 1. The van der Waals surface area contributed by atoms with Crippen LogP contribution in [-0.2, 0) is 6.54 Å². The fourth-order valence-corrected chi connectivity index (χ4v) is 1.67. The first-order valence-corrected chi connectivity index (χ1v) is 6.76. The summed E-state index contributed by atoms with van der Waals surface area (Å²) in [5, 5.41) is 13.8. The Labute approximate surface area is 110 Å². The molecule has 0 aromatic heterocycles. The predicted octanol–water partition coefficient (Wildman–Crippen LogP) is 2.97. The van der Waals surface area contributed by atoms with Gasteiger partial charge in [-0.2, -0.15) is 11.8 Å². The predicted molar refractivity (Wildman–Crippen MR) is 72.4 cm³/mol. The van der Waals surface area contributed by atoms with Gasteiger partial charge >= 0.3 is 0 Å². The van der Waals surface area contributed by atoms with Gasteiger partial charge in [-0.15, -0.1) is 0 Å². The van der Waals surface area contributed by atoms with Crippen LogP contribution in [0.4, 0.5) is 10.1 Å². The minimum Gasteiger partial charge on any atom is -0.311 e. The SMILES string of the molecule is CSC(C)(C)CNCc1cc(F)cc([N+](=O)[O-])c1. The van der Waals surface area contributed by atoms with E-state index in [9.17, 15) is 14.5 Å². The van der Waals surface area contributed by atoms with Crippen LogP contribution in [0.5, 0.6) is 0 Å². The average molecular weight is 272 g/mol. The third-order valence-electron chi connectivity index (χ3n) is 2.59. The lowest BCUT2D eigenvalue weighted by Gasteiger charge is -2.22. The number of thioether (sulfide) groups is 1. The van der Waals surface area contributed by atoms with Crippen molar-refractivity contribution in [3.63, 3.8) is 0 Å². The van der Waals surface area contributed by atoms with Crippen molar-refractivity contribution in [1.29, 1.82) is 0 Å². The van der Waals surface area contributed by atoms with E-state index in [2.05, 4.69) is 19.2 Å². The second-order valence-electron chi connectivity index (χ2n) is 4.64. The van der Waals surface area contributed by atoms with Crippen molar-refractivity contribution in [2.75, 3.05) is 12.8 Å². The number of non-ortho nitro benzene ring substituents is 1. The summed E-state index contributed by atoms with van der Waals surface area (Å²) in [7, 11) is 0. The Hall–Kier alpha value is -1.14. The van der Waals surface area contributed by atoms with Crippen molar-refractivity contribution in [1.82, 2.24) is 5.32 Å². The highest BCUT2D eigenvalue weighted by atomic mass is 32.2. The van der Waals surface area contributed by atoms with E-state index in [1.54, 1.807) is 11.8 Å². The molecule has 0 amide bonds. The molecular weight excluding hydrogens is 255 g/mol. The molecule has 0 aliphatic rings. The van der Waals surface area contributed by atoms with Crippen molar-refractivity contribution < 1.29 is 9.31 Å². The molecule has 100 valence electrons. The van der Waals surface area contributed by atoms with Gasteiger partial charge in [0.1, 0.15) is 5.82 Å². The topological polar surface area (TPSA) is 55.2 Å². The maximum Gasteiger partial charge on any atom is 0.272 e. The summed E-state index contributed by atoms with van der Waals surface area (Å²) in [5.74, 6) is -0.579. The van der Waals surface area contributed by atoms with Crippen LogP contribution in [0.1, 0.15) is 19.4 Å². The Morgan fingerprint density at radius 1 is 1.44 bits per heavy atom. The summed E-state index contributed by atoms with van der Waals surface area (Å²) >= 11 is 1.73. The molecule has 4 nitrogen and oxygen atoms in total. The molecule has 0 saturated heterocycles. The molecule has 1 N–H and O–H groups in total. The zero-order valence-electron chi connectivity index (χ0n) is 10.7. The van der Waals surface area contributed by atoms with Crippen LogP contribution in [0.15, 0.2) is 18.2 Å². The highest BCUT2D eigenvalue weighted by molar-refractivity contribution is 7.99. The van der Waals surface area contributed by atoms with Gasteiger partial charge in [-0.05, 0) is 31.7 Å². The lowest BCUT2D eigenvalue weighted by molar-refractivity contribution is -0.385. The molecule has 0 saturated carbocycles. The van der Waals surface area contributed by atoms with E-state index in [1.807, 2.05) is 6.26 Å². The number of nitrogens with one attached hydrogen (secondary N) is 1. The number of nitro benzene ring substituents is 1. The zero-order chi connectivity index (χ0) is 13.8. The van der Waals surface area contributed by atoms with Gasteiger partial charge in [0.2, 0.25) is 0 Å². The van der Waals surface area contributed by atoms with Gasteiger partial charge in [0.25, 0.3) is 5.69 Å². The van der Waals surface area contributed by atoms with E-state index in [0.29, 0.717) is 12.1 Å². The third kappa shape index (κ3) is 4.62. The first kappa shape index (κ1) is 14.9. The van der Waals surface area contributed by atoms with Crippen LogP contribution in [0.3, 0.4) is 0 Å². The van der Waals surface area contributed by atoms with E-state index in [1.165, 1.54) is 12.1 Å². The maximum absolute atomic E-state index is 13.2.